The van der Waals surface area contributed by atoms with Crippen LogP contribution in [0, 0.1) is 5.92 Å². The second-order valence-electron chi connectivity index (χ2n) is 9.35. The van der Waals surface area contributed by atoms with Gasteiger partial charge in [-0.3, -0.25) is 9.69 Å². The third-order valence-electron chi connectivity index (χ3n) is 6.68. The van der Waals surface area contributed by atoms with Crippen LogP contribution in [0.15, 0.2) is 18.2 Å². The highest BCUT2D eigenvalue weighted by atomic mass is 16.6. The quantitative estimate of drug-likeness (QED) is 0.689. The van der Waals surface area contributed by atoms with Gasteiger partial charge in [-0.25, -0.2) is 4.79 Å². The van der Waals surface area contributed by atoms with Crippen LogP contribution >= 0.6 is 0 Å². The van der Waals surface area contributed by atoms with Crippen molar-refractivity contribution < 1.29 is 19.1 Å². The Labute approximate surface area is 183 Å². The molecular formula is C23H32N4O4. The Bertz CT molecular complexity index is 850. The molecule has 4 aliphatic rings. The Morgan fingerprint density at radius 3 is 2.61 bits per heavy atom. The molecule has 0 spiro atoms. The molecule has 8 nitrogen and oxygen atoms in total. The average molecular weight is 429 g/mol. The molecule has 2 aliphatic carbocycles. The number of fused-ring (bicyclic) bond motifs is 1. The van der Waals surface area contributed by atoms with E-state index in [0.717, 1.165) is 36.3 Å². The van der Waals surface area contributed by atoms with Crippen molar-refractivity contribution in [3.63, 3.8) is 0 Å². The summed E-state index contributed by atoms with van der Waals surface area (Å²) >= 11 is 0. The molecule has 1 aromatic rings. The highest BCUT2D eigenvalue weighted by Crippen LogP contribution is 2.42. The molecular weight excluding hydrogens is 396 g/mol. The lowest BCUT2D eigenvalue weighted by Crippen LogP contribution is -2.53. The second kappa shape index (κ2) is 8.41. The van der Waals surface area contributed by atoms with E-state index in [0.29, 0.717) is 32.3 Å². The number of ether oxygens (including phenoxy) is 2. The fourth-order valence-corrected chi connectivity index (χ4v) is 4.35. The summed E-state index contributed by atoms with van der Waals surface area (Å²) < 4.78 is 10.8. The van der Waals surface area contributed by atoms with Gasteiger partial charge in [0.25, 0.3) is 0 Å². The number of benzene rings is 1. The zero-order chi connectivity index (χ0) is 21.5. The number of hydrogen-bond donors (Lipinski definition) is 2. The Balaban J connectivity index is 1.45. The number of nitrogens with zero attached hydrogens (tertiary/aromatic N) is 2. The molecule has 2 atom stereocenters. The first-order chi connectivity index (χ1) is 15.0. The summed E-state index contributed by atoms with van der Waals surface area (Å²) in [6, 6.07) is 6.56. The fourth-order valence-electron chi connectivity index (χ4n) is 4.35. The van der Waals surface area contributed by atoms with Gasteiger partial charge in [0.15, 0.2) is 6.10 Å². The molecule has 1 saturated heterocycles. The van der Waals surface area contributed by atoms with Crippen LogP contribution in [-0.4, -0.2) is 63.0 Å². The highest BCUT2D eigenvalue weighted by molar-refractivity contribution is 6.04. The molecule has 3 N–H and O–H groups in total. The van der Waals surface area contributed by atoms with E-state index in [1.54, 1.807) is 4.90 Å². The van der Waals surface area contributed by atoms with E-state index in [1.165, 1.54) is 12.8 Å². The Hall–Kier alpha value is -2.16. The second-order valence-corrected chi connectivity index (χ2v) is 9.35. The van der Waals surface area contributed by atoms with Gasteiger partial charge in [-0.15, -0.1) is 0 Å². The Morgan fingerprint density at radius 2 is 2.00 bits per heavy atom. The molecule has 31 heavy (non-hydrogen) atoms. The van der Waals surface area contributed by atoms with Gasteiger partial charge >= 0.3 is 6.09 Å². The third kappa shape index (κ3) is 4.29. The number of nitrogens with one attached hydrogen (secondary N) is 1. The number of hydrogen-bond acceptors (Lipinski definition) is 6. The SMILES string of the molecule is C[C@H]1CN(C(=O)OC2COC2)c2cc(C(CN)CNC3CC3)ccc2N1C(=O)C1CC1. The number of carbonyl (C=O) groups excluding carboxylic acids is 2. The molecule has 2 amide bonds. The smallest absolute Gasteiger partial charge is 0.414 e. The van der Waals surface area contributed by atoms with E-state index < -0.39 is 0 Å². The van der Waals surface area contributed by atoms with E-state index >= 15 is 0 Å². The Kier molecular flexibility index (Phi) is 5.62. The lowest BCUT2D eigenvalue weighted by Gasteiger charge is -2.42. The minimum Gasteiger partial charge on any atom is -0.441 e. The predicted molar refractivity (Wildman–Crippen MR) is 117 cm³/mol. The number of anilines is 2. The van der Waals surface area contributed by atoms with Gasteiger partial charge in [0.2, 0.25) is 5.91 Å². The molecule has 8 heteroatoms. The summed E-state index contributed by atoms with van der Waals surface area (Å²) in [5.74, 6) is 0.420. The van der Waals surface area contributed by atoms with Gasteiger partial charge in [-0.1, -0.05) is 6.07 Å². The summed E-state index contributed by atoms with van der Waals surface area (Å²) in [4.78, 5) is 29.6. The van der Waals surface area contributed by atoms with Crippen LogP contribution in [0.25, 0.3) is 0 Å². The molecule has 5 rings (SSSR count). The highest BCUT2D eigenvalue weighted by Gasteiger charge is 2.42. The lowest BCUT2D eigenvalue weighted by molar-refractivity contribution is -0.120. The number of amides is 2. The normalized spacial score (nSPS) is 24.4. The van der Waals surface area contributed by atoms with Crippen LogP contribution in [0.2, 0.25) is 0 Å². The van der Waals surface area contributed by atoms with Crippen molar-refractivity contribution in [3.8, 4) is 0 Å². The van der Waals surface area contributed by atoms with Crippen molar-refractivity contribution in [2.75, 3.05) is 42.6 Å². The first kappa shape index (κ1) is 20.7. The maximum atomic E-state index is 13.0. The molecule has 168 valence electrons. The van der Waals surface area contributed by atoms with Crippen molar-refractivity contribution in [3.05, 3.63) is 23.8 Å². The number of carbonyl (C=O) groups is 2. The zero-order valence-corrected chi connectivity index (χ0v) is 18.1. The Morgan fingerprint density at radius 1 is 1.23 bits per heavy atom. The van der Waals surface area contributed by atoms with E-state index in [2.05, 4.69) is 11.4 Å². The van der Waals surface area contributed by atoms with Crippen LogP contribution in [-0.2, 0) is 14.3 Å². The molecule has 1 aromatic carbocycles. The van der Waals surface area contributed by atoms with Gasteiger partial charge in [0.1, 0.15) is 0 Å². The van der Waals surface area contributed by atoms with Crippen molar-refractivity contribution in [2.45, 2.75) is 56.7 Å². The van der Waals surface area contributed by atoms with Crippen molar-refractivity contribution in [1.29, 1.82) is 0 Å². The van der Waals surface area contributed by atoms with Gasteiger partial charge in [0.05, 0.1) is 30.6 Å². The topological polar surface area (TPSA) is 97.1 Å². The third-order valence-corrected chi connectivity index (χ3v) is 6.68. The summed E-state index contributed by atoms with van der Waals surface area (Å²) in [7, 11) is 0. The van der Waals surface area contributed by atoms with Gasteiger partial charge in [0, 0.05) is 37.5 Å². The minimum atomic E-state index is -0.377. The largest absolute Gasteiger partial charge is 0.441 e. The molecule has 3 fully saturated rings. The van der Waals surface area contributed by atoms with Crippen LogP contribution in [0.3, 0.4) is 0 Å². The predicted octanol–water partition coefficient (Wildman–Crippen LogP) is 1.97. The summed E-state index contributed by atoms with van der Waals surface area (Å²) in [6.45, 7) is 4.61. The molecule has 2 aliphatic heterocycles. The zero-order valence-electron chi connectivity index (χ0n) is 18.1. The van der Waals surface area contributed by atoms with E-state index in [-0.39, 0.29) is 36.0 Å². The standard InChI is InChI=1S/C23H32N4O4/c1-14-11-26(23(29)31-19-12-30-13-19)21-8-16(17(9-24)10-25-18-5-6-18)4-7-20(21)27(14)22(28)15-2-3-15/h4,7-8,14-15,17-19,25H,2-3,5-6,9-13,24H2,1H3/t14-,17?/m0/s1. The van der Waals surface area contributed by atoms with Crippen LogP contribution in [0.1, 0.15) is 44.1 Å². The number of nitrogens with two attached hydrogens (primary N) is 1. The van der Waals surface area contributed by atoms with Crippen LogP contribution < -0.4 is 20.9 Å². The molecule has 1 unspecified atom stereocenters. The van der Waals surface area contributed by atoms with E-state index in [1.807, 2.05) is 24.0 Å². The summed E-state index contributed by atoms with van der Waals surface area (Å²) in [5.41, 5.74) is 8.69. The van der Waals surface area contributed by atoms with Crippen LogP contribution in [0.5, 0.6) is 0 Å². The average Bonchev–Trinajstić information content (AvgIpc) is 3.63. The van der Waals surface area contributed by atoms with Gasteiger partial charge in [-0.05, 0) is 50.3 Å². The maximum Gasteiger partial charge on any atom is 0.414 e. The summed E-state index contributed by atoms with van der Waals surface area (Å²) in [6.07, 6.45) is 3.78. The van der Waals surface area contributed by atoms with Gasteiger partial charge in [-0.2, -0.15) is 0 Å². The molecule has 2 saturated carbocycles. The van der Waals surface area contributed by atoms with Gasteiger partial charge < -0.3 is 25.4 Å². The first-order valence-corrected chi connectivity index (χ1v) is 11.5. The van der Waals surface area contributed by atoms with E-state index in [4.69, 9.17) is 15.2 Å². The minimum absolute atomic E-state index is 0.111. The fraction of sp³-hybridized carbons (Fsp3) is 0.652. The maximum absolute atomic E-state index is 13.0. The van der Waals surface area contributed by atoms with Crippen LogP contribution in [0.4, 0.5) is 16.2 Å². The number of rotatable bonds is 7. The monoisotopic (exact) mass is 428 g/mol. The molecule has 0 radical (unpaired) electrons. The van der Waals surface area contributed by atoms with Crippen molar-refractivity contribution in [2.24, 2.45) is 11.7 Å². The van der Waals surface area contributed by atoms with Crippen molar-refractivity contribution >= 4 is 23.4 Å². The lowest BCUT2D eigenvalue weighted by atomic mass is 9.96. The summed E-state index contributed by atoms with van der Waals surface area (Å²) in [5, 5.41) is 3.56. The van der Waals surface area contributed by atoms with Crippen molar-refractivity contribution in [1.82, 2.24) is 5.32 Å². The molecule has 0 aromatic heterocycles. The first-order valence-electron chi connectivity index (χ1n) is 11.5. The van der Waals surface area contributed by atoms with E-state index in [9.17, 15) is 9.59 Å². The molecule has 0 bridgehead atoms. The molecule has 2 heterocycles.